The Labute approximate surface area is 61.4 Å². The van der Waals surface area contributed by atoms with Crippen molar-refractivity contribution in [2.45, 2.75) is 0 Å². The van der Waals surface area contributed by atoms with E-state index in [9.17, 15) is 9.36 Å². The molecule has 7 nitrogen and oxygen atoms in total. The Bertz CT molecular complexity index is 228. The number of nitrogens with zero attached hydrogens (tertiary/aromatic N) is 1. The molecule has 0 rings (SSSR count). The number of carbonyl (C=O) groups excluding carboxylic acids is 1. The van der Waals surface area contributed by atoms with Crippen LogP contribution in [0.3, 0.4) is 0 Å². The molecule has 0 saturated carbocycles. The van der Waals surface area contributed by atoms with Crippen molar-refractivity contribution in [3.63, 3.8) is 0 Å². The largest absolute Gasteiger partial charge is 0.464 e. The van der Waals surface area contributed by atoms with E-state index >= 15 is 0 Å². The highest BCUT2D eigenvalue weighted by Gasteiger charge is 2.32. The van der Waals surface area contributed by atoms with Crippen LogP contribution in [0.4, 0.5) is 0 Å². The second kappa shape index (κ2) is 3.47. The Morgan fingerprint density at radius 1 is 1.55 bits per heavy atom. The van der Waals surface area contributed by atoms with Crippen LogP contribution in [0.25, 0.3) is 0 Å². The van der Waals surface area contributed by atoms with Crippen molar-refractivity contribution < 1.29 is 29.1 Å². The minimum atomic E-state index is -4.82. The maximum Gasteiger partial charge on any atom is 0.385 e. The lowest BCUT2D eigenvalue weighted by Crippen LogP contribution is -2.15. The first-order valence-corrected chi connectivity index (χ1v) is 3.91. The van der Waals surface area contributed by atoms with E-state index in [0.29, 0.717) is 0 Å². The van der Waals surface area contributed by atoms with Crippen molar-refractivity contribution in [3.8, 4) is 0 Å². The summed E-state index contributed by atoms with van der Waals surface area (Å²) in [4.78, 5) is 27.0. The number of hydrogen-bond acceptors (Lipinski definition) is 5. The molecule has 11 heavy (non-hydrogen) atoms. The van der Waals surface area contributed by atoms with Gasteiger partial charge in [0.2, 0.25) is 0 Å². The van der Waals surface area contributed by atoms with Gasteiger partial charge in [-0.1, -0.05) is 5.16 Å². The zero-order valence-electron chi connectivity index (χ0n) is 5.46. The third-order valence-electron chi connectivity index (χ3n) is 0.739. The zero-order valence-corrected chi connectivity index (χ0v) is 6.36. The van der Waals surface area contributed by atoms with Crippen molar-refractivity contribution in [3.05, 3.63) is 0 Å². The SMILES string of the molecule is COC(=O)/C(=N\O)P(=O)(O)O. The Morgan fingerprint density at radius 3 is 2.09 bits per heavy atom. The van der Waals surface area contributed by atoms with Gasteiger partial charge in [-0.3, -0.25) is 4.57 Å². The van der Waals surface area contributed by atoms with Crippen LogP contribution < -0.4 is 0 Å². The first-order valence-electron chi connectivity index (χ1n) is 2.30. The molecule has 0 amide bonds. The van der Waals surface area contributed by atoms with Crippen LogP contribution in [-0.4, -0.2) is 33.5 Å². The van der Waals surface area contributed by atoms with E-state index in [0.717, 1.165) is 7.11 Å². The fourth-order valence-electron chi connectivity index (χ4n) is 0.309. The predicted molar refractivity (Wildman–Crippen MR) is 33.3 cm³/mol. The molecule has 0 unspecified atom stereocenters. The van der Waals surface area contributed by atoms with Crippen LogP contribution in [0, 0.1) is 0 Å². The molecule has 0 heterocycles. The van der Waals surface area contributed by atoms with E-state index in [2.05, 4.69) is 9.89 Å². The molecule has 0 fully saturated rings. The summed E-state index contributed by atoms with van der Waals surface area (Å²) in [6.07, 6.45) is 0. The van der Waals surface area contributed by atoms with E-state index in [4.69, 9.17) is 15.0 Å². The van der Waals surface area contributed by atoms with Gasteiger partial charge in [0.05, 0.1) is 7.11 Å². The molecular weight excluding hydrogens is 177 g/mol. The first kappa shape index (κ1) is 10.1. The third-order valence-corrected chi connectivity index (χ3v) is 1.56. The van der Waals surface area contributed by atoms with Gasteiger partial charge in [0.25, 0.3) is 5.45 Å². The van der Waals surface area contributed by atoms with Crippen LogP contribution in [0.1, 0.15) is 0 Å². The highest BCUT2D eigenvalue weighted by atomic mass is 31.2. The average molecular weight is 183 g/mol. The van der Waals surface area contributed by atoms with E-state index < -0.39 is 19.0 Å². The van der Waals surface area contributed by atoms with Gasteiger partial charge in [0.15, 0.2) is 0 Å². The summed E-state index contributed by atoms with van der Waals surface area (Å²) < 4.78 is 14.2. The number of hydrogen-bond donors (Lipinski definition) is 3. The van der Waals surface area contributed by atoms with Crippen LogP contribution >= 0.6 is 7.60 Å². The minimum absolute atomic E-state index is 0.906. The Kier molecular flexibility index (Phi) is 3.18. The summed E-state index contributed by atoms with van der Waals surface area (Å²) >= 11 is 0. The summed E-state index contributed by atoms with van der Waals surface area (Å²) in [5.74, 6) is -1.36. The predicted octanol–water partition coefficient (Wildman–Crippen LogP) is -0.875. The highest BCUT2D eigenvalue weighted by Crippen LogP contribution is 2.36. The van der Waals surface area contributed by atoms with Crippen LogP contribution in [0.5, 0.6) is 0 Å². The van der Waals surface area contributed by atoms with Crippen molar-refractivity contribution in [2.24, 2.45) is 5.16 Å². The molecular formula is C3H6NO6P. The van der Waals surface area contributed by atoms with E-state index in [1.54, 1.807) is 0 Å². The monoisotopic (exact) mass is 183 g/mol. The lowest BCUT2D eigenvalue weighted by Gasteiger charge is -2.02. The third kappa shape index (κ3) is 2.67. The van der Waals surface area contributed by atoms with Crippen molar-refractivity contribution in [1.29, 1.82) is 0 Å². The van der Waals surface area contributed by atoms with E-state index in [1.165, 1.54) is 0 Å². The fraction of sp³-hybridized carbons (Fsp3) is 0.333. The van der Waals surface area contributed by atoms with Gasteiger partial charge in [0, 0.05) is 0 Å². The normalized spacial score (nSPS) is 12.8. The molecule has 64 valence electrons. The number of esters is 1. The standard InChI is InChI=1S/C3H6NO6P/c1-10-3(5)2(4-6)11(7,8)9/h6H,1H3,(H2,7,8,9)/b4-2+. The number of carbonyl (C=O) groups is 1. The van der Waals surface area contributed by atoms with Gasteiger partial charge in [-0.05, 0) is 0 Å². The summed E-state index contributed by atoms with van der Waals surface area (Å²) in [6.45, 7) is 0. The maximum absolute atomic E-state index is 10.4. The molecule has 0 atom stereocenters. The second-order valence-corrected chi connectivity index (χ2v) is 2.97. The molecule has 3 N–H and O–H groups in total. The second-order valence-electron chi connectivity index (χ2n) is 1.46. The molecule has 0 aromatic heterocycles. The number of ether oxygens (including phenoxy) is 1. The van der Waals surface area contributed by atoms with Crippen LogP contribution in [-0.2, 0) is 14.1 Å². The van der Waals surface area contributed by atoms with Crippen LogP contribution in [0.15, 0.2) is 5.16 Å². The Morgan fingerprint density at radius 2 is 2.00 bits per heavy atom. The maximum atomic E-state index is 10.4. The van der Waals surface area contributed by atoms with Crippen molar-refractivity contribution >= 4 is 19.0 Å². The van der Waals surface area contributed by atoms with Gasteiger partial charge in [-0.2, -0.15) is 0 Å². The lowest BCUT2D eigenvalue weighted by atomic mass is 10.7. The Balaban J connectivity index is 4.73. The van der Waals surface area contributed by atoms with Gasteiger partial charge in [-0.25, -0.2) is 4.79 Å². The quantitative estimate of drug-likeness (QED) is 0.168. The lowest BCUT2D eigenvalue weighted by molar-refractivity contribution is -0.132. The van der Waals surface area contributed by atoms with Crippen molar-refractivity contribution in [1.82, 2.24) is 0 Å². The summed E-state index contributed by atoms with van der Waals surface area (Å²) in [5.41, 5.74) is -1.31. The van der Waals surface area contributed by atoms with E-state index in [1.807, 2.05) is 0 Å². The van der Waals surface area contributed by atoms with Gasteiger partial charge < -0.3 is 19.7 Å². The number of oxime groups is 1. The Hall–Kier alpha value is -0.910. The summed E-state index contributed by atoms with van der Waals surface area (Å²) in [6, 6.07) is 0. The topological polar surface area (TPSA) is 116 Å². The fourth-order valence-corrected chi connectivity index (χ4v) is 0.755. The molecule has 0 aliphatic carbocycles. The summed E-state index contributed by atoms with van der Waals surface area (Å²) in [5, 5.41) is 10.1. The molecule has 8 heteroatoms. The van der Waals surface area contributed by atoms with Crippen LogP contribution in [0.2, 0.25) is 0 Å². The minimum Gasteiger partial charge on any atom is -0.464 e. The average Bonchev–Trinajstić information content (AvgIpc) is 1.86. The van der Waals surface area contributed by atoms with Gasteiger partial charge >= 0.3 is 13.6 Å². The number of methoxy groups -OCH3 is 1. The molecule has 0 bridgehead atoms. The van der Waals surface area contributed by atoms with Gasteiger partial charge in [-0.15, -0.1) is 0 Å². The highest BCUT2D eigenvalue weighted by molar-refractivity contribution is 7.73. The van der Waals surface area contributed by atoms with E-state index in [-0.39, 0.29) is 0 Å². The first-order chi connectivity index (χ1) is 4.93. The molecule has 0 aliphatic rings. The zero-order chi connectivity index (χ0) is 9.07. The molecule has 0 spiro atoms. The molecule has 0 aliphatic heterocycles. The molecule has 0 saturated heterocycles. The van der Waals surface area contributed by atoms with Crippen molar-refractivity contribution in [2.75, 3.05) is 7.11 Å². The smallest absolute Gasteiger partial charge is 0.385 e. The molecule has 0 aromatic carbocycles. The molecule has 0 radical (unpaired) electrons. The number of rotatable bonds is 2. The summed E-state index contributed by atoms with van der Waals surface area (Å²) in [7, 11) is -3.92. The molecule has 0 aromatic rings. The van der Waals surface area contributed by atoms with Gasteiger partial charge in [0.1, 0.15) is 0 Å².